The minimum absolute atomic E-state index is 0.152. The Morgan fingerprint density at radius 1 is 1.44 bits per heavy atom. The van der Waals surface area contributed by atoms with Crippen LogP contribution in [-0.2, 0) is 20.0 Å². The maximum atomic E-state index is 12.8. The quantitative estimate of drug-likeness (QED) is 0.554. The first-order valence-electron chi connectivity index (χ1n) is 7.45. The predicted molar refractivity (Wildman–Crippen MR) is 99.5 cm³/mol. The van der Waals surface area contributed by atoms with E-state index in [1.54, 1.807) is 11.7 Å². The normalized spacial score (nSPS) is 12.4. The molecule has 8 nitrogen and oxygen atoms in total. The van der Waals surface area contributed by atoms with Gasteiger partial charge >= 0.3 is 0 Å². The van der Waals surface area contributed by atoms with Gasteiger partial charge in [0.05, 0.1) is 28.6 Å². The van der Waals surface area contributed by atoms with Crippen LogP contribution in [0, 0.1) is 0 Å². The van der Waals surface area contributed by atoms with E-state index >= 15 is 0 Å². The van der Waals surface area contributed by atoms with Crippen molar-refractivity contribution in [2.75, 3.05) is 0 Å². The number of allylic oxidation sites excluding steroid dienone is 1. The Kier molecular flexibility index (Phi) is 3.77. The van der Waals surface area contributed by atoms with E-state index in [9.17, 15) is 4.79 Å². The predicted octanol–water partition coefficient (Wildman–Crippen LogP) is 1.15. The Labute approximate surface area is 150 Å². The van der Waals surface area contributed by atoms with Gasteiger partial charge in [-0.1, -0.05) is 0 Å². The van der Waals surface area contributed by atoms with Gasteiger partial charge in [0.25, 0.3) is 5.56 Å². The molecule has 4 rings (SSSR count). The van der Waals surface area contributed by atoms with Crippen LogP contribution in [-0.4, -0.2) is 24.3 Å². The summed E-state index contributed by atoms with van der Waals surface area (Å²) in [6.45, 7) is 0.355. The highest BCUT2D eigenvalue weighted by Crippen LogP contribution is 2.31. The summed E-state index contributed by atoms with van der Waals surface area (Å²) in [5.74, 6) is 0. The van der Waals surface area contributed by atoms with Crippen molar-refractivity contribution >= 4 is 43.9 Å². The van der Waals surface area contributed by atoms with E-state index < -0.39 is 0 Å². The largest absolute Gasteiger partial charge is 0.403 e. The van der Waals surface area contributed by atoms with Crippen LogP contribution in [0.25, 0.3) is 21.3 Å². The molecule has 0 spiro atoms. The van der Waals surface area contributed by atoms with Gasteiger partial charge in [0.1, 0.15) is 10.5 Å². The number of rotatable bonds is 4. The summed E-state index contributed by atoms with van der Waals surface area (Å²) in [6.07, 6.45) is 3.59. The summed E-state index contributed by atoms with van der Waals surface area (Å²) in [7, 11) is 1.84. The summed E-state index contributed by atoms with van der Waals surface area (Å²) < 4.78 is 4.17. The van der Waals surface area contributed by atoms with Crippen LogP contribution in [0.3, 0.4) is 0 Å². The molecule has 0 aliphatic carbocycles. The molecule has 0 saturated heterocycles. The molecule has 0 radical (unpaired) electrons. The number of fused-ring (bicyclic) bond motifs is 3. The molecule has 10 heteroatoms. The third-order valence-corrected chi connectivity index (χ3v) is 5.65. The van der Waals surface area contributed by atoms with Gasteiger partial charge in [-0.25, -0.2) is 14.6 Å². The average Bonchev–Trinajstić information content (AvgIpc) is 3.29. The molecule has 0 saturated carbocycles. The van der Waals surface area contributed by atoms with Gasteiger partial charge < -0.3 is 16.0 Å². The topological polar surface area (TPSA) is 118 Å². The molecule has 0 aliphatic rings. The highest BCUT2D eigenvalue weighted by molar-refractivity contribution is 7.19. The molecule has 25 heavy (non-hydrogen) atoms. The summed E-state index contributed by atoms with van der Waals surface area (Å²) in [5, 5.41) is 7.87. The van der Waals surface area contributed by atoms with Crippen molar-refractivity contribution in [1.29, 1.82) is 0 Å². The zero-order chi connectivity index (χ0) is 17.6. The lowest BCUT2D eigenvalue weighted by molar-refractivity contribution is 0.635. The van der Waals surface area contributed by atoms with E-state index in [1.165, 1.54) is 33.6 Å². The van der Waals surface area contributed by atoms with Crippen molar-refractivity contribution in [3.8, 4) is 0 Å². The molecule has 4 N–H and O–H groups in total. The molecule has 0 aliphatic heterocycles. The number of aromatic nitrogens is 5. The van der Waals surface area contributed by atoms with Crippen LogP contribution >= 0.6 is 22.7 Å². The first-order chi connectivity index (χ1) is 12.1. The van der Waals surface area contributed by atoms with Gasteiger partial charge in [-0.2, -0.15) is 5.10 Å². The van der Waals surface area contributed by atoms with Crippen LogP contribution in [0.1, 0.15) is 10.7 Å². The lowest BCUT2D eigenvalue weighted by Gasteiger charge is -2.03. The number of nitrogens with zero attached hydrogens (tertiary/aromatic N) is 5. The zero-order valence-electron chi connectivity index (χ0n) is 13.3. The van der Waals surface area contributed by atoms with E-state index in [0.717, 1.165) is 26.4 Å². The number of nitrogens with two attached hydrogens (primary N) is 2. The molecule has 0 bridgehead atoms. The fourth-order valence-corrected chi connectivity index (χ4v) is 4.41. The van der Waals surface area contributed by atoms with Gasteiger partial charge in [0.15, 0.2) is 5.65 Å². The van der Waals surface area contributed by atoms with E-state index in [0.29, 0.717) is 24.2 Å². The third kappa shape index (κ3) is 2.59. The van der Waals surface area contributed by atoms with Crippen molar-refractivity contribution < 1.29 is 0 Å². The number of thiazole rings is 2. The van der Waals surface area contributed by atoms with Crippen LogP contribution < -0.4 is 17.0 Å². The van der Waals surface area contributed by atoms with Crippen molar-refractivity contribution in [2.24, 2.45) is 18.5 Å². The maximum absolute atomic E-state index is 12.8. The molecular formula is C15H15N7OS2. The van der Waals surface area contributed by atoms with Gasteiger partial charge in [0.2, 0.25) is 0 Å². The van der Waals surface area contributed by atoms with Crippen molar-refractivity contribution in [1.82, 2.24) is 24.3 Å². The van der Waals surface area contributed by atoms with Crippen LogP contribution in [0.5, 0.6) is 0 Å². The molecule has 0 unspecified atom stereocenters. The molecule has 0 fully saturated rings. The number of aryl methyl sites for hydroxylation is 1. The van der Waals surface area contributed by atoms with E-state index in [4.69, 9.17) is 11.5 Å². The number of hydrogen-bond acceptors (Lipinski definition) is 8. The van der Waals surface area contributed by atoms with Gasteiger partial charge in [0, 0.05) is 36.1 Å². The molecule has 0 atom stereocenters. The van der Waals surface area contributed by atoms with Gasteiger partial charge in [-0.3, -0.25) is 4.79 Å². The van der Waals surface area contributed by atoms with Crippen LogP contribution in [0.4, 0.5) is 0 Å². The van der Waals surface area contributed by atoms with Crippen LogP contribution in [0.15, 0.2) is 33.8 Å². The minimum atomic E-state index is -0.152. The van der Waals surface area contributed by atoms with E-state index in [1.807, 2.05) is 17.0 Å². The van der Waals surface area contributed by atoms with E-state index in [2.05, 4.69) is 15.1 Å². The van der Waals surface area contributed by atoms with Gasteiger partial charge in [-0.15, -0.1) is 22.7 Å². The summed E-state index contributed by atoms with van der Waals surface area (Å²) in [4.78, 5) is 21.7. The first kappa shape index (κ1) is 15.8. The van der Waals surface area contributed by atoms with Crippen molar-refractivity contribution in [2.45, 2.75) is 13.0 Å². The highest BCUT2D eigenvalue weighted by Gasteiger charge is 2.18. The second kappa shape index (κ2) is 5.97. The Bertz CT molecular complexity index is 1150. The smallest absolute Gasteiger partial charge is 0.291 e. The molecule has 0 aromatic carbocycles. The first-order valence-corrected chi connectivity index (χ1v) is 9.21. The maximum Gasteiger partial charge on any atom is 0.291 e. The van der Waals surface area contributed by atoms with Crippen LogP contribution in [0.2, 0.25) is 0 Å². The Morgan fingerprint density at radius 3 is 3.00 bits per heavy atom. The Hall–Kier alpha value is -2.72. The van der Waals surface area contributed by atoms with Gasteiger partial charge in [-0.05, 0) is 0 Å². The molecule has 128 valence electrons. The molecule has 4 aromatic rings. The minimum Gasteiger partial charge on any atom is -0.403 e. The Balaban J connectivity index is 1.85. The second-order valence-corrected chi connectivity index (χ2v) is 7.39. The molecule has 4 aromatic heterocycles. The van der Waals surface area contributed by atoms with Crippen molar-refractivity contribution in [3.63, 3.8) is 0 Å². The third-order valence-electron chi connectivity index (χ3n) is 3.93. The molecular weight excluding hydrogens is 358 g/mol. The van der Waals surface area contributed by atoms with E-state index in [-0.39, 0.29) is 5.56 Å². The molecule has 4 heterocycles. The molecule has 0 amide bonds. The zero-order valence-corrected chi connectivity index (χ0v) is 15.0. The second-order valence-electron chi connectivity index (χ2n) is 5.59. The lowest BCUT2D eigenvalue weighted by atomic mass is 10.3. The highest BCUT2D eigenvalue weighted by atomic mass is 32.1. The SMILES string of the molecule is Cn1c2nc(C/C(N)=C/N)sc2c2cnn(Cc3cscn3)c(=O)c21. The Morgan fingerprint density at radius 2 is 2.28 bits per heavy atom. The fourth-order valence-electron chi connectivity index (χ4n) is 2.72. The summed E-state index contributed by atoms with van der Waals surface area (Å²) in [6, 6.07) is 0. The average molecular weight is 373 g/mol. The number of hydrogen-bond donors (Lipinski definition) is 2. The summed E-state index contributed by atoms with van der Waals surface area (Å²) >= 11 is 3.00. The fraction of sp³-hybridized carbons (Fsp3) is 0.200. The summed E-state index contributed by atoms with van der Waals surface area (Å²) in [5.41, 5.74) is 15.5. The standard InChI is InChI=1S/C15H15N7OS2/c1-21-12-10(13-14(21)20-11(25-13)2-8(17)3-16)4-19-22(15(12)23)5-9-6-24-7-18-9/h3-4,6-7H,2,5,16-17H2,1H3/b8-3-. The lowest BCUT2D eigenvalue weighted by Crippen LogP contribution is -2.24. The monoisotopic (exact) mass is 373 g/mol. The van der Waals surface area contributed by atoms with Crippen molar-refractivity contribution in [3.05, 3.63) is 50.0 Å².